The largest absolute Gasteiger partial charge is 0.435 e. The van der Waals surface area contributed by atoms with Gasteiger partial charge in [0.2, 0.25) is 0 Å². The number of aromatic nitrogens is 2. The number of aliphatic hydroxyl groups is 1. The van der Waals surface area contributed by atoms with Gasteiger partial charge in [-0.15, -0.1) is 0 Å². The van der Waals surface area contributed by atoms with Gasteiger partial charge in [-0.25, -0.2) is 0 Å². The van der Waals surface area contributed by atoms with Crippen LogP contribution in [0.15, 0.2) is 42.5 Å². The fourth-order valence-corrected chi connectivity index (χ4v) is 5.63. The minimum Gasteiger partial charge on any atom is -0.435 e. The minimum absolute atomic E-state index is 0.0552. The van der Waals surface area contributed by atoms with E-state index in [2.05, 4.69) is 9.64 Å². The maximum Gasteiger partial charge on any atom is 0.387 e. The third-order valence-electron chi connectivity index (χ3n) is 7.47. The molecule has 1 aromatic heterocycles. The zero-order chi connectivity index (χ0) is 27.1. The summed E-state index contributed by atoms with van der Waals surface area (Å²) in [6.07, 6.45) is 0.599. The fraction of sp³-hybridized carbons (Fsp3) is 0.407. The van der Waals surface area contributed by atoms with Crippen molar-refractivity contribution in [1.29, 1.82) is 0 Å². The van der Waals surface area contributed by atoms with Crippen molar-refractivity contribution in [3.63, 3.8) is 0 Å². The van der Waals surface area contributed by atoms with E-state index in [0.29, 0.717) is 41.7 Å². The van der Waals surface area contributed by atoms with Crippen molar-refractivity contribution >= 4 is 29.1 Å². The van der Waals surface area contributed by atoms with Crippen LogP contribution in [0.25, 0.3) is 0 Å². The Balaban J connectivity index is 1.41. The van der Waals surface area contributed by atoms with Gasteiger partial charge in [-0.3, -0.25) is 14.4 Å². The molecular formula is C27H28Cl2F2N4O3. The summed E-state index contributed by atoms with van der Waals surface area (Å²) in [4.78, 5) is 17.5. The molecule has 3 atom stereocenters. The minimum atomic E-state index is -2.87. The molecule has 202 valence electrons. The summed E-state index contributed by atoms with van der Waals surface area (Å²) < 4.78 is 31.5. The van der Waals surface area contributed by atoms with E-state index < -0.39 is 6.61 Å². The fourth-order valence-electron chi connectivity index (χ4n) is 5.33. The Kier molecular flexibility index (Phi) is 7.64. The van der Waals surface area contributed by atoms with Crippen LogP contribution in [0.5, 0.6) is 5.75 Å². The Labute approximate surface area is 229 Å². The average Bonchev–Trinajstić information content (AvgIpc) is 3.25. The van der Waals surface area contributed by atoms with Gasteiger partial charge in [0, 0.05) is 49.3 Å². The number of benzene rings is 2. The summed E-state index contributed by atoms with van der Waals surface area (Å²) in [7, 11) is 0. The van der Waals surface area contributed by atoms with Crippen molar-refractivity contribution in [1.82, 2.24) is 19.6 Å². The van der Waals surface area contributed by atoms with E-state index in [-0.39, 0.29) is 36.4 Å². The molecule has 0 bridgehead atoms. The maximum atomic E-state index is 13.4. The summed E-state index contributed by atoms with van der Waals surface area (Å²) in [6, 6.07) is 11.1. The van der Waals surface area contributed by atoms with Crippen LogP contribution in [0.2, 0.25) is 10.0 Å². The Bertz CT molecular complexity index is 1330. The highest BCUT2D eigenvalue weighted by molar-refractivity contribution is 6.42. The zero-order valence-corrected chi connectivity index (χ0v) is 22.5. The maximum absolute atomic E-state index is 13.4. The lowest BCUT2D eigenvalue weighted by molar-refractivity contribution is -0.0498. The van der Waals surface area contributed by atoms with Crippen molar-refractivity contribution in [3.8, 4) is 5.75 Å². The molecule has 7 nitrogen and oxygen atoms in total. The van der Waals surface area contributed by atoms with E-state index in [1.807, 2.05) is 23.4 Å². The number of halogens is 4. The Morgan fingerprint density at radius 2 is 1.89 bits per heavy atom. The molecule has 0 saturated carbocycles. The number of hydrogen-bond acceptors (Lipinski definition) is 5. The number of hydrogen-bond donors (Lipinski definition) is 1. The van der Waals surface area contributed by atoms with E-state index in [1.54, 1.807) is 30.3 Å². The molecule has 0 radical (unpaired) electrons. The Hall–Kier alpha value is -2.72. The van der Waals surface area contributed by atoms with Crippen LogP contribution in [0.1, 0.15) is 58.8 Å². The van der Waals surface area contributed by atoms with Gasteiger partial charge in [-0.1, -0.05) is 35.3 Å². The monoisotopic (exact) mass is 564 g/mol. The molecule has 1 amide bonds. The molecule has 0 saturated heterocycles. The number of aliphatic hydroxyl groups excluding tert-OH is 1. The molecule has 1 unspecified atom stereocenters. The quantitative estimate of drug-likeness (QED) is 0.428. The molecule has 1 N–H and O–H groups in total. The number of alkyl halides is 2. The highest BCUT2D eigenvalue weighted by Crippen LogP contribution is 2.36. The van der Waals surface area contributed by atoms with Crippen LogP contribution in [0, 0.1) is 0 Å². The summed E-state index contributed by atoms with van der Waals surface area (Å²) in [6.45, 7) is 2.61. The normalized spacial score (nSPS) is 20.3. The molecule has 3 heterocycles. The molecule has 11 heteroatoms. The number of carbonyl (C=O) groups excluding carboxylic acids is 1. The van der Waals surface area contributed by atoms with Crippen LogP contribution >= 0.6 is 23.2 Å². The molecule has 0 aliphatic carbocycles. The lowest BCUT2D eigenvalue weighted by atomic mass is 9.97. The summed E-state index contributed by atoms with van der Waals surface area (Å²) >= 11 is 12.2. The first-order valence-electron chi connectivity index (χ1n) is 12.4. The van der Waals surface area contributed by atoms with Crippen LogP contribution in [0.4, 0.5) is 8.78 Å². The SMILES string of the molecule is CC(c1ccc(OC(F)F)cc1)N1Cc2c3c(nn2[C@H](CO)C1)C[C@@H](C)N(C(=O)c1ccc(Cl)c(Cl)c1)C3. The van der Waals surface area contributed by atoms with E-state index in [9.17, 15) is 18.7 Å². The molecule has 5 rings (SSSR count). The number of amides is 1. The first kappa shape index (κ1) is 26.9. The van der Waals surface area contributed by atoms with Gasteiger partial charge in [-0.05, 0) is 49.7 Å². The van der Waals surface area contributed by atoms with E-state index in [1.165, 1.54) is 12.1 Å². The first-order chi connectivity index (χ1) is 18.2. The topological polar surface area (TPSA) is 70.8 Å². The summed E-state index contributed by atoms with van der Waals surface area (Å²) in [5, 5.41) is 15.8. The van der Waals surface area contributed by atoms with Gasteiger partial charge in [0.1, 0.15) is 5.75 Å². The standard InChI is InChI=1S/C27H28Cl2F2N4O3/c1-15-9-24-21(12-34(15)26(37)18-5-8-22(28)23(29)10-18)25-13-33(11-19(14-36)35(25)32-24)16(2)17-3-6-20(7-4-17)38-27(30)31/h3-8,10,15-16,19,27,36H,9,11-14H2,1-2H3/t15-,16?,19+/m1/s1. The smallest absolute Gasteiger partial charge is 0.387 e. The zero-order valence-electron chi connectivity index (χ0n) is 21.0. The highest BCUT2D eigenvalue weighted by atomic mass is 35.5. The molecule has 2 aromatic carbocycles. The predicted molar refractivity (Wildman–Crippen MR) is 140 cm³/mol. The second-order valence-electron chi connectivity index (χ2n) is 9.82. The second-order valence-corrected chi connectivity index (χ2v) is 10.6. The van der Waals surface area contributed by atoms with E-state index in [0.717, 1.165) is 22.5 Å². The molecule has 2 aliphatic rings. The number of rotatable bonds is 6. The van der Waals surface area contributed by atoms with Crippen molar-refractivity contribution < 1.29 is 23.4 Å². The highest BCUT2D eigenvalue weighted by Gasteiger charge is 2.37. The van der Waals surface area contributed by atoms with Crippen LogP contribution in [-0.4, -0.2) is 56.4 Å². The van der Waals surface area contributed by atoms with Crippen LogP contribution in [0.3, 0.4) is 0 Å². The summed E-state index contributed by atoms with van der Waals surface area (Å²) in [5.74, 6) is -0.0247. The molecule has 0 spiro atoms. The van der Waals surface area contributed by atoms with Gasteiger partial charge < -0.3 is 14.7 Å². The number of carbonyl (C=O) groups is 1. The molecule has 38 heavy (non-hydrogen) atoms. The average molecular weight is 565 g/mol. The van der Waals surface area contributed by atoms with Crippen LogP contribution in [-0.2, 0) is 19.5 Å². The lowest BCUT2D eigenvalue weighted by Crippen LogP contribution is -2.43. The number of ether oxygens (including phenoxy) is 1. The summed E-state index contributed by atoms with van der Waals surface area (Å²) in [5.41, 5.74) is 4.31. The lowest BCUT2D eigenvalue weighted by Gasteiger charge is -2.38. The third kappa shape index (κ3) is 5.12. The second kappa shape index (κ2) is 10.8. The van der Waals surface area contributed by atoms with Gasteiger partial charge in [-0.2, -0.15) is 13.9 Å². The Morgan fingerprint density at radius 3 is 2.55 bits per heavy atom. The van der Waals surface area contributed by atoms with Crippen molar-refractivity contribution in [3.05, 3.63) is 80.6 Å². The van der Waals surface area contributed by atoms with E-state index >= 15 is 0 Å². The van der Waals surface area contributed by atoms with Gasteiger partial charge in [0.25, 0.3) is 5.91 Å². The van der Waals surface area contributed by atoms with E-state index in [4.69, 9.17) is 28.3 Å². The molecule has 0 fully saturated rings. The number of fused-ring (bicyclic) bond motifs is 3. The molecule has 2 aliphatic heterocycles. The predicted octanol–water partition coefficient (Wildman–Crippen LogP) is 5.49. The van der Waals surface area contributed by atoms with Crippen LogP contribution < -0.4 is 4.74 Å². The molecular weight excluding hydrogens is 537 g/mol. The Morgan fingerprint density at radius 1 is 1.16 bits per heavy atom. The van der Waals surface area contributed by atoms with Crippen molar-refractivity contribution in [2.24, 2.45) is 0 Å². The van der Waals surface area contributed by atoms with Gasteiger partial charge in [0.15, 0.2) is 0 Å². The first-order valence-corrected chi connectivity index (χ1v) is 13.2. The van der Waals surface area contributed by atoms with Gasteiger partial charge in [0.05, 0.1) is 34.1 Å². The van der Waals surface area contributed by atoms with Gasteiger partial charge >= 0.3 is 6.61 Å². The number of nitrogens with zero attached hydrogens (tertiary/aromatic N) is 4. The third-order valence-corrected chi connectivity index (χ3v) is 8.21. The molecule has 3 aromatic rings. The van der Waals surface area contributed by atoms with Crippen molar-refractivity contribution in [2.75, 3.05) is 13.2 Å². The van der Waals surface area contributed by atoms with Crippen molar-refractivity contribution in [2.45, 2.75) is 58.1 Å².